The highest BCUT2D eigenvalue weighted by molar-refractivity contribution is 5.74. The highest BCUT2D eigenvalue weighted by Gasteiger charge is 2.23. The maximum atomic E-state index is 5.96. The number of aryl methyl sites for hydroxylation is 1. The lowest BCUT2D eigenvalue weighted by Gasteiger charge is -2.31. The SMILES string of the molecule is Cc1ccc(-c2nnc(CN3CCCC(Cc4nc5ccccc5[nH]4)C3)o2)n1C. The average Bonchev–Trinajstić information content (AvgIpc) is 3.42. The van der Waals surface area contributed by atoms with E-state index < -0.39 is 0 Å². The molecule has 7 heteroatoms. The number of imidazole rings is 1. The Morgan fingerprint density at radius 1 is 1.17 bits per heavy atom. The standard InChI is InChI=1S/C22H26N6O/c1-15-9-10-19(27(15)2)22-26-25-21(29-22)14-28-11-5-6-16(13-28)12-20-23-17-7-3-4-8-18(17)24-20/h3-4,7-10,16H,5-6,11-14H2,1-2H3,(H,23,24). The van der Waals surface area contributed by atoms with E-state index in [9.17, 15) is 0 Å². The first-order chi connectivity index (χ1) is 14.2. The van der Waals surface area contributed by atoms with Crippen LogP contribution < -0.4 is 0 Å². The Balaban J connectivity index is 1.24. The average molecular weight is 390 g/mol. The fourth-order valence-corrected chi connectivity index (χ4v) is 4.28. The molecule has 0 saturated carbocycles. The van der Waals surface area contributed by atoms with E-state index in [0.29, 0.717) is 24.2 Å². The van der Waals surface area contributed by atoms with Crippen molar-refractivity contribution in [3.8, 4) is 11.6 Å². The quantitative estimate of drug-likeness (QED) is 0.562. The number of rotatable bonds is 5. The van der Waals surface area contributed by atoms with Crippen LogP contribution in [0.1, 0.15) is 30.3 Å². The molecule has 0 amide bonds. The molecule has 0 radical (unpaired) electrons. The van der Waals surface area contributed by atoms with Gasteiger partial charge in [-0.15, -0.1) is 10.2 Å². The zero-order chi connectivity index (χ0) is 19.8. The van der Waals surface area contributed by atoms with Gasteiger partial charge in [-0.1, -0.05) is 12.1 Å². The topological polar surface area (TPSA) is 75.8 Å². The van der Waals surface area contributed by atoms with Crippen molar-refractivity contribution in [2.45, 2.75) is 32.7 Å². The van der Waals surface area contributed by atoms with Crippen LogP contribution in [0.15, 0.2) is 40.8 Å². The molecule has 1 aliphatic heterocycles. The van der Waals surface area contributed by atoms with Crippen LogP contribution in [-0.2, 0) is 20.0 Å². The van der Waals surface area contributed by atoms with Gasteiger partial charge in [-0.05, 0) is 56.5 Å². The predicted octanol–water partition coefficient (Wildman–Crippen LogP) is 3.71. The number of aromatic amines is 1. The first kappa shape index (κ1) is 18.1. The highest BCUT2D eigenvalue weighted by atomic mass is 16.4. The summed E-state index contributed by atoms with van der Waals surface area (Å²) in [6.07, 6.45) is 3.39. The molecule has 1 fully saturated rings. The fourth-order valence-electron chi connectivity index (χ4n) is 4.28. The molecule has 7 nitrogen and oxygen atoms in total. The van der Waals surface area contributed by atoms with E-state index >= 15 is 0 Å². The lowest BCUT2D eigenvalue weighted by atomic mass is 9.94. The Hall–Kier alpha value is -2.93. The first-order valence-corrected chi connectivity index (χ1v) is 10.3. The molecule has 0 bridgehead atoms. The van der Waals surface area contributed by atoms with Crippen LogP contribution in [0.4, 0.5) is 0 Å². The summed E-state index contributed by atoms with van der Waals surface area (Å²) < 4.78 is 8.03. The van der Waals surface area contributed by atoms with E-state index in [1.54, 1.807) is 0 Å². The van der Waals surface area contributed by atoms with Crippen molar-refractivity contribution >= 4 is 11.0 Å². The van der Waals surface area contributed by atoms with Crippen LogP contribution in [-0.4, -0.2) is 42.7 Å². The smallest absolute Gasteiger partial charge is 0.264 e. The van der Waals surface area contributed by atoms with Crippen LogP contribution in [0, 0.1) is 12.8 Å². The Bertz CT molecular complexity index is 1090. The summed E-state index contributed by atoms with van der Waals surface area (Å²) in [4.78, 5) is 10.6. The number of aromatic nitrogens is 5. The third-order valence-electron chi connectivity index (χ3n) is 5.94. The summed E-state index contributed by atoms with van der Waals surface area (Å²) in [5.74, 6) is 2.94. The molecular formula is C22H26N6O. The van der Waals surface area contributed by atoms with E-state index in [4.69, 9.17) is 9.40 Å². The summed E-state index contributed by atoms with van der Waals surface area (Å²) in [5.41, 5.74) is 4.29. The highest BCUT2D eigenvalue weighted by Crippen LogP contribution is 2.24. The van der Waals surface area contributed by atoms with Crippen LogP contribution in [0.25, 0.3) is 22.6 Å². The summed E-state index contributed by atoms with van der Waals surface area (Å²) >= 11 is 0. The molecular weight excluding hydrogens is 364 g/mol. The van der Waals surface area contributed by atoms with E-state index in [0.717, 1.165) is 42.1 Å². The molecule has 29 heavy (non-hydrogen) atoms. The monoisotopic (exact) mass is 390 g/mol. The largest absolute Gasteiger partial charge is 0.418 e. The van der Waals surface area contributed by atoms with E-state index in [1.807, 2.05) is 25.2 Å². The number of fused-ring (bicyclic) bond motifs is 1. The summed E-state index contributed by atoms with van der Waals surface area (Å²) in [5, 5.41) is 8.54. The molecule has 4 heterocycles. The fraction of sp³-hybridized carbons (Fsp3) is 0.409. The van der Waals surface area contributed by atoms with Gasteiger partial charge >= 0.3 is 0 Å². The third-order valence-corrected chi connectivity index (χ3v) is 5.94. The van der Waals surface area contributed by atoms with Crippen LogP contribution in [0.5, 0.6) is 0 Å². The molecule has 1 atom stereocenters. The summed E-state index contributed by atoms with van der Waals surface area (Å²) in [6, 6.07) is 12.3. The first-order valence-electron chi connectivity index (χ1n) is 10.3. The van der Waals surface area contributed by atoms with Crippen molar-refractivity contribution in [1.29, 1.82) is 0 Å². The van der Waals surface area contributed by atoms with Gasteiger partial charge in [-0.25, -0.2) is 4.98 Å². The Labute approximate surface area is 169 Å². The van der Waals surface area contributed by atoms with Crippen LogP contribution in [0.2, 0.25) is 0 Å². The van der Waals surface area contributed by atoms with Crippen molar-refractivity contribution in [1.82, 2.24) is 29.6 Å². The molecule has 1 unspecified atom stereocenters. The molecule has 1 saturated heterocycles. The number of benzene rings is 1. The Morgan fingerprint density at radius 3 is 2.90 bits per heavy atom. The lowest BCUT2D eigenvalue weighted by molar-refractivity contribution is 0.153. The zero-order valence-electron chi connectivity index (χ0n) is 16.9. The van der Waals surface area contributed by atoms with Gasteiger partial charge in [0.15, 0.2) is 0 Å². The van der Waals surface area contributed by atoms with Gasteiger partial charge in [0, 0.05) is 25.7 Å². The number of likely N-dealkylation sites (tertiary alicyclic amines) is 1. The van der Waals surface area contributed by atoms with Crippen LogP contribution >= 0.6 is 0 Å². The second-order valence-corrected chi connectivity index (χ2v) is 8.07. The van der Waals surface area contributed by atoms with Crippen molar-refractivity contribution in [2.24, 2.45) is 13.0 Å². The number of piperidine rings is 1. The Morgan fingerprint density at radius 2 is 2.07 bits per heavy atom. The molecule has 1 aromatic carbocycles. The minimum atomic E-state index is 0.585. The van der Waals surface area contributed by atoms with E-state index in [1.165, 1.54) is 18.5 Å². The number of para-hydroxylation sites is 2. The van der Waals surface area contributed by atoms with E-state index in [2.05, 4.69) is 49.8 Å². The van der Waals surface area contributed by atoms with Crippen molar-refractivity contribution in [3.63, 3.8) is 0 Å². The minimum absolute atomic E-state index is 0.585. The van der Waals surface area contributed by atoms with Crippen LogP contribution in [0.3, 0.4) is 0 Å². The maximum Gasteiger partial charge on any atom is 0.264 e. The molecule has 1 aliphatic rings. The summed E-state index contributed by atoms with van der Waals surface area (Å²) in [7, 11) is 2.02. The lowest BCUT2D eigenvalue weighted by Crippen LogP contribution is -2.36. The van der Waals surface area contributed by atoms with Gasteiger partial charge in [0.1, 0.15) is 11.5 Å². The molecule has 5 rings (SSSR count). The number of nitrogens with zero attached hydrogens (tertiary/aromatic N) is 5. The normalized spacial score (nSPS) is 17.9. The van der Waals surface area contributed by atoms with Gasteiger partial charge in [0.2, 0.25) is 5.89 Å². The number of nitrogens with one attached hydrogen (secondary N) is 1. The second-order valence-electron chi connectivity index (χ2n) is 8.07. The van der Waals surface area contributed by atoms with Crippen molar-refractivity contribution < 1.29 is 4.42 Å². The van der Waals surface area contributed by atoms with Gasteiger partial charge in [-0.3, -0.25) is 4.90 Å². The Kier molecular flexibility index (Phi) is 4.67. The predicted molar refractivity (Wildman–Crippen MR) is 111 cm³/mol. The number of hydrogen-bond acceptors (Lipinski definition) is 5. The van der Waals surface area contributed by atoms with Gasteiger partial charge in [-0.2, -0.15) is 0 Å². The van der Waals surface area contributed by atoms with Gasteiger partial charge in [0.25, 0.3) is 5.89 Å². The zero-order valence-corrected chi connectivity index (χ0v) is 16.9. The maximum absolute atomic E-state index is 5.96. The molecule has 150 valence electrons. The van der Waals surface area contributed by atoms with Crippen molar-refractivity contribution in [2.75, 3.05) is 13.1 Å². The molecule has 3 aromatic heterocycles. The molecule has 0 spiro atoms. The molecule has 4 aromatic rings. The molecule has 1 N–H and O–H groups in total. The molecule has 0 aliphatic carbocycles. The summed E-state index contributed by atoms with van der Waals surface area (Å²) in [6.45, 7) is 4.86. The van der Waals surface area contributed by atoms with Gasteiger partial charge < -0.3 is 14.0 Å². The third kappa shape index (κ3) is 3.70. The van der Waals surface area contributed by atoms with Crippen molar-refractivity contribution in [3.05, 3.63) is 53.8 Å². The van der Waals surface area contributed by atoms with Gasteiger partial charge in [0.05, 0.1) is 17.6 Å². The number of hydrogen-bond donors (Lipinski definition) is 1. The second kappa shape index (κ2) is 7.48. The number of H-pyrrole nitrogens is 1. The minimum Gasteiger partial charge on any atom is -0.418 e. The van der Waals surface area contributed by atoms with E-state index in [-0.39, 0.29) is 0 Å².